The normalized spacial score (nSPS) is 27.7. The van der Waals surface area contributed by atoms with Crippen LogP contribution in [-0.4, -0.2) is 54.6 Å². The lowest BCUT2D eigenvalue weighted by Crippen LogP contribution is -2.43. The number of ether oxygens (including phenoxy) is 1. The minimum absolute atomic E-state index is 0.00796. The topological polar surface area (TPSA) is 32.7 Å². The number of aliphatic hydroxyl groups is 1. The molecule has 100 valence electrons. The van der Waals surface area contributed by atoms with Crippen LogP contribution in [0.3, 0.4) is 0 Å². The number of hydrogen-bond donors (Lipinski definition) is 1. The summed E-state index contributed by atoms with van der Waals surface area (Å²) < 4.78 is 42.3. The lowest BCUT2D eigenvalue weighted by Gasteiger charge is -2.27. The number of nitrogens with zero attached hydrogens (tertiary/aromatic N) is 1. The van der Waals surface area contributed by atoms with Gasteiger partial charge in [0.2, 0.25) is 0 Å². The Bertz CT molecular complexity index is 250. The SMILES string of the molecule is OC(CN(CC(F)(F)F)C1CC1)C1CCOC1. The predicted molar refractivity (Wildman–Crippen MR) is 55.6 cm³/mol. The third kappa shape index (κ3) is 4.12. The monoisotopic (exact) mass is 253 g/mol. The number of rotatable bonds is 5. The van der Waals surface area contributed by atoms with Gasteiger partial charge >= 0.3 is 6.18 Å². The quantitative estimate of drug-likeness (QED) is 0.804. The molecular formula is C11H18F3NO2. The van der Waals surface area contributed by atoms with Crippen LogP contribution < -0.4 is 0 Å². The fourth-order valence-electron chi connectivity index (χ4n) is 2.26. The average molecular weight is 253 g/mol. The molecule has 2 atom stereocenters. The Morgan fingerprint density at radius 1 is 1.29 bits per heavy atom. The second kappa shape index (κ2) is 5.12. The maximum Gasteiger partial charge on any atom is 0.401 e. The van der Waals surface area contributed by atoms with Gasteiger partial charge in [-0.15, -0.1) is 0 Å². The van der Waals surface area contributed by atoms with Crippen LogP contribution in [0, 0.1) is 5.92 Å². The van der Waals surface area contributed by atoms with Crippen molar-refractivity contribution >= 4 is 0 Å². The minimum atomic E-state index is -4.19. The molecule has 2 fully saturated rings. The van der Waals surface area contributed by atoms with E-state index in [0.29, 0.717) is 13.2 Å². The van der Waals surface area contributed by atoms with Gasteiger partial charge in [-0.25, -0.2) is 0 Å². The van der Waals surface area contributed by atoms with Gasteiger partial charge in [-0.1, -0.05) is 0 Å². The number of hydrogen-bond acceptors (Lipinski definition) is 3. The zero-order valence-electron chi connectivity index (χ0n) is 9.62. The van der Waals surface area contributed by atoms with Crippen molar-refractivity contribution in [2.24, 2.45) is 5.92 Å². The van der Waals surface area contributed by atoms with E-state index in [1.807, 2.05) is 0 Å². The predicted octanol–water partition coefficient (Wildman–Crippen LogP) is 1.41. The summed E-state index contributed by atoms with van der Waals surface area (Å²) in [7, 11) is 0. The van der Waals surface area contributed by atoms with Crippen molar-refractivity contribution in [1.82, 2.24) is 4.90 Å². The first-order valence-electron chi connectivity index (χ1n) is 6.02. The summed E-state index contributed by atoms with van der Waals surface area (Å²) in [5.41, 5.74) is 0. The maximum atomic E-state index is 12.4. The summed E-state index contributed by atoms with van der Waals surface area (Å²) in [5, 5.41) is 9.90. The molecule has 0 aromatic carbocycles. The summed E-state index contributed by atoms with van der Waals surface area (Å²) in [6.45, 7) is 0.261. The summed E-state index contributed by atoms with van der Waals surface area (Å²) in [4.78, 5) is 1.36. The van der Waals surface area contributed by atoms with E-state index in [9.17, 15) is 18.3 Å². The van der Waals surface area contributed by atoms with Crippen molar-refractivity contribution in [1.29, 1.82) is 0 Å². The Morgan fingerprint density at radius 3 is 2.47 bits per heavy atom. The highest BCUT2D eigenvalue weighted by Crippen LogP contribution is 2.31. The summed E-state index contributed by atoms with van der Waals surface area (Å²) in [5.74, 6) is -0.00974. The number of halogens is 3. The summed E-state index contributed by atoms with van der Waals surface area (Å²) >= 11 is 0. The lowest BCUT2D eigenvalue weighted by molar-refractivity contribution is -0.150. The van der Waals surface area contributed by atoms with Crippen LogP contribution in [0.5, 0.6) is 0 Å². The molecular weight excluding hydrogens is 235 g/mol. The van der Waals surface area contributed by atoms with E-state index in [2.05, 4.69) is 0 Å². The number of alkyl halides is 3. The zero-order chi connectivity index (χ0) is 12.5. The van der Waals surface area contributed by atoms with Gasteiger partial charge in [0.05, 0.1) is 19.3 Å². The maximum absolute atomic E-state index is 12.4. The first kappa shape index (κ1) is 13.1. The summed E-state index contributed by atoms with van der Waals surface area (Å²) in [6.07, 6.45) is -2.53. The van der Waals surface area contributed by atoms with Crippen molar-refractivity contribution in [3.8, 4) is 0 Å². The molecule has 1 aliphatic carbocycles. The molecule has 2 rings (SSSR count). The van der Waals surface area contributed by atoms with Crippen molar-refractivity contribution in [2.75, 3.05) is 26.3 Å². The second-order valence-electron chi connectivity index (χ2n) is 4.97. The van der Waals surface area contributed by atoms with Crippen molar-refractivity contribution in [3.63, 3.8) is 0 Å². The van der Waals surface area contributed by atoms with E-state index in [0.717, 1.165) is 19.3 Å². The van der Waals surface area contributed by atoms with Gasteiger partial charge < -0.3 is 9.84 Å². The van der Waals surface area contributed by atoms with E-state index in [1.165, 1.54) is 4.90 Å². The van der Waals surface area contributed by atoms with Crippen molar-refractivity contribution in [3.05, 3.63) is 0 Å². The largest absolute Gasteiger partial charge is 0.401 e. The van der Waals surface area contributed by atoms with E-state index >= 15 is 0 Å². The van der Waals surface area contributed by atoms with Gasteiger partial charge in [0.15, 0.2) is 0 Å². The molecule has 1 saturated carbocycles. The molecule has 0 radical (unpaired) electrons. The molecule has 3 nitrogen and oxygen atoms in total. The average Bonchev–Trinajstić information content (AvgIpc) is 2.90. The van der Waals surface area contributed by atoms with Gasteiger partial charge in [0.1, 0.15) is 0 Å². The first-order chi connectivity index (χ1) is 7.96. The third-order valence-electron chi connectivity index (χ3n) is 3.38. The molecule has 6 heteroatoms. The van der Waals surface area contributed by atoms with Crippen LogP contribution in [0.1, 0.15) is 19.3 Å². The Hall–Kier alpha value is -0.330. The van der Waals surface area contributed by atoms with E-state index in [1.54, 1.807) is 0 Å². The molecule has 0 amide bonds. The van der Waals surface area contributed by atoms with Crippen LogP contribution in [0.2, 0.25) is 0 Å². The molecule has 0 bridgehead atoms. The number of aliphatic hydroxyl groups excluding tert-OH is 1. The summed E-state index contributed by atoms with van der Waals surface area (Å²) in [6, 6.07) is 0.00796. The molecule has 1 N–H and O–H groups in total. The smallest absolute Gasteiger partial charge is 0.391 e. The zero-order valence-corrected chi connectivity index (χ0v) is 9.62. The molecule has 2 unspecified atom stereocenters. The van der Waals surface area contributed by atoms with E-state index in [4.69, 9.17) is 4.74 Å². The van der Waals surface area contributed by atoms with Crippen LogP contribution in [0.25, 0.3) is 0 Å². The highest BCUT2D eigenvalue weighted by atomic mass is 19.4. The Kier molecular flexibility index (Phi) is 3.95. The molecule has 0 aromatic heterocycles. The van der Waals surface area contributed by atoms with Crippen LogP contribution >= 0.6 is 0 Å². The van der Waals surface area contributed by atoms with Crippen LogP contribution in [0.15, 0.2) is 0 Å². The second-order valence-corrected chi connectivity index (χ2v) is 4.97. The first-order valence-corrected chi connectivity index (χ1v) is 6.02. The fourth-order valence-corrected chi connectivity index (χ4v) is 2.26. The van der Waals surface area contributed by atoms with Crippen molar-refractivity contribution < 1.29 is 23.0 Å². The standard InChI is InChI=1S/C11H18F3NO2/c12-11(13,14)7-15(9-1-2-9)5-10(16)8-3-4-17-6-8/h8-10,16H,1-7H2. The highest BCUT2D eigenvalue weighted by molar-refractivity contribution is 4.88. The Labute approximate surface area is 98.5 Å². The third-order valence-corrected chi connectivity index (χ3v) is 3.38. The Morgan fingerprint density at radius 2 is 2.00 bits per heavy atom. The van der Waals surface area contributed by atoms with Gasteiger partial charge in [-0.05, 0) is 19.3 Å². The molecule has 0 spiro atoms. The molecule has 0 aromatic rings. The molecule has 1 heterocycles. The van der Waals surface area contributed by atoms with Gasteiger partial charge in [-0.2, -0.15) is 13.2 Å². The van der Waals surface area contributed by atoms with Gasteiger partial charge in [0.25, 0.3) is 0 Å². The fraction of sp³-hybridized carbons (Fsp3) is 1.00. The van der Waals surface area contributed by atoms with Crippen molar-refractivity contribution in [2.45, 2.75) is 37.6 Å². The van der Waals surface area contributed by atoms with E-state index < -0.39 is 18.8 Å². The van der Waals surface area contributed by atoms with E-state index in [-0.39, 0.29) is 18.5 Å². The van der Waals surface area contributed by atoms with Gasteiger partial charge in [-0.3, -0.25) is 4.90 Å². The molecule has 2 aliphatic rings. The van der Waals surface area contributed by atoms with Gasteiger partial charge in [0, 0.05) is 25.1 Å². The molecule has 1 saturated heterocycles. The highest BCUT2D eigenvalue weighted by Gasteiger charge is 2.39. The minimum Gasteiger partial charge on any atom is -0.391 e. The van der Waals surface area contributed by atoms with Crippen LogP contribution in [-0.2, 0) is 4.74 Å². The van der Waals surface area contributed by atoms with Crippen LogP contribution in [0.4, 0.5) is 13.2 Å². The molecule has 17 heavy (non-hydrogen) atoms. The molecule has 1 aliphatic heterocycles. The lowest BCUT2D eigenvalue weighted by atomic mass is 10.0. The Balaban J connectivity index is 1.84.